The summed E-state index contributed by atoms with van der Waals surface area (Å²) < 4.78 is 11.1. The summed E-state index contributed by atoms with van der Waals surface area (Å²) in [5.74, 6) is -0.495. The van der Waals surface area contributed by atoms with Gasteiger partial charge in [0.15, 0.2) is 0 Å². The number of carbonyl (C=O) groups is 2. The minimum absolute atomic E-state index is 0.352. The van der Waals surface area contributed by atoms with E-state index in [1.54, 1.807) is 20.8 Å². The van der Waals surface area contributed by atoms with Crippen molar-refractivity contribution in [3.63, 3.8) is 0 Å². The lowest BCUT2D eigenvalue weighted by atomic mass is 10.0. The summed E-state index contributed by atoms with van der Waals surface area (Å²) >= 11 is 2.23. The lowest BCUT2D eigenvalue weighted by Crippen LogP contribution is -2.45. The van der Waals surface area contributed by atoms with E-state index in [1.165, 1.54) is 12.7 Å². The maximum Gasteiger partial charge on any atom is 0.408 e. The number of benzene rings is 1. The van der Waals surface area contributed by atoms with Crippen LogP contribution < -0.4 is 5.32 Å². The molecule has 0 aliphatic heterocycles. The van der Waals surface area contributed by atoms with Gasteiger partial charge in [-0.3, -0.25) is 0 Å². The summed E-state index contributed by atoms with van der Waals surface area (Å²) in [5, 5.41) is 2.60. The number of amides is 1. The van der Waals surface area contributed by atoms with Gasteiger partial charge < -0.3 is 14.8 Å². The first-order chi connectivity index (χ1) is 10.5. The third kappa shape index (κ3) is 6.37. The number of hydrogen-bond acceptors (Lipinski definition) is 4. The Kier molecular flexibility index (Phi) is 6.85. The van der Waals surface area contributed by atoms with Gasteiger partial charge in [-0.2, -0.15) is 0 Å². The van der Waals surface area contributed by atoms with E-state index in [2.05, 4.69) is 34.0 Å². The highest BCUT2D eigenvalue weighted by molar-refractivity contribution is 14.1. The van der Waals surface area contributed by atoms with Crippen LogP contribution in [0.5, 0.6) is 0 Å². The second-order valence-electron chi connectivity index (χ2n) is 6.45. The molecule has 0 radical (unpaired) electrons. The fourth-order valence-corrected chi connectivity index (χ4v) is 2.85. The Morgan fingerprint density at radius 1 is 1.22 bits per heavy atom. The van der Waals surface area contributed by atoms with Gasteiger partial charge in [0.2, 0.25) is 0 Å². The van der Waals surface area contributed by atoms with Crippen LogP contribution in [0.25, 0.3) is 0 Å². The number of methoxy groups -OCH3 is 1. The lowest BCUT2D eigenvalue weighted by molar-refractivity contribution is -0.143. The summed E-state index contributed by atoms with van der Waals surface area (Å²) in [6.07, 6.45) is -0.280. The van der Waals surface area contributed by atoms with E-state index in [1.807, 2.05) is 19.9 Å². The molecule has 1 amide bonds. The normalized spacial score (nSPS) is 12.5. The molecule has 0 bridgehead atoms. The Bertz CT molecular complexity index is 593. The fraction of sp³-hybridized carbons (Fsp3) is 0.529. The molecular formula is C17H24INO4. The first-order valence-corrected chi connectivity index (χ1v) is 8.44. The van der Waals surface area contributed by atoms with Crippen molar-refractivity contribution in [3.05, 3.63) is 32.4 Å². The second kappa shape index (κ2) is 7.99. The highest BCUT2D eigenvalue weighted by Gasteiger charge is 2.26. The molecule has 0 aliphatic carbocycles. The average Bonchev–Trinajstić information content (AvgIpc) is 2.40. The molecule has 1 atom stereocenters. The molecule has 1 rings (SSSR count). The van der Waals surface area contributed by atoms with E-state index in [0.717, 1.165) is 14.7 Å². The standard InChI is InChI=1S/C17H24INO4/c1-10-7-12(13(18)8-11(10)2)9-14(15(20)22-6)19-16(21)23-17(3,4)5/h7-8,14H,9H2,1-6H3,(H,19,21)/t14-/m0/s1. The number of halogens is 1. The number of nitrogens with one attached hydrogen (secondary N) is 1. The summed E-state index contributed by atoms with van der Waals surface area (Å²) in [4.78, 5) is 23.9. The van der Waals surface area contributed by atoms with Crippen molar-refractivity contribution < 1.29 is 19.1 Å². The molecule has 1 N–H and O–H groups in total. The number of alkyl carbamates (subject to hydrolysis) is 1. The van der Waals surface area contributed by atoms with Gasteiger partial charge in [-0.1, -0.05) is 6.07 Å². The Morgan fingerprint density at radius 3 is 2.30 bits per heavy atom. The number of aryl methyl sites for hydroxylation is 2. The van der Waals surface area contributed by atoms with Crippen LogP contribution in [0.3, 0.4) is 0 Å². The molecule has 1 aromatic rings. The Labute approximate surface area is 151 Å². The SMILES string of the molecule is COC(=O)[C@H](Cc1cc(C)c(C)cc1I)NC(=O)OC(C)(C)C. The third-order valence-electron chi connectivity index (χ3n) is 3.26. The summed E-state index contributed by atoms with van der Waals surface area (Å²) in [6, 6.07) is 3.31. The molecule has 0 aromatic heterocycles. The van der Waals surface area contributed by atoms with Crippen molar-refractivity contribution in [1.82, 2.24) is 5.32 Å². The van der Waals surface area contributed by atoms with E-state index in [9.17, 15) is 9.59 Å². The maximum atomic E-state index is 12.0. The van der Waals surface area contributed by atoms with Crippen LogP contribution in [-0.4, -0.2) is 30.8 Å². The molecule has 23 heavy (non-hydrogen) atoms. The summed E-state index contributed by atoms with van der Waals surface area (Å²) in [6.45, 7) is 9.37. The molecule has 0 unspecified atom stereocenters. The fourth-order valence-electron chi connectivity index (χ4n) is 2.00. The topological polar surface area (TPSA) is 64.6 Å². The first kappa shape index (κ1) is 19.7. The number of esters is 1. The molecule has 6 heteroatoms. The van der Waals surface area contributed by atoms with Crippen molar-refractivity contribution in [1.29, 1.82) is 0 Å². The zero-order chi connectivity index (χ0) is 17.8. The van der Waals surface area contributed by atoms with Crippen LogP contribution in [0.2, 0.25) is 0 Å². The van der Waals surface area contributed by atoms with Gasteiger partial charge >= 0.3 is 12.1 Å². The smallest absolute Gasteiger partial charge is 0.408 e. The highest BCUT2D eigenvalue weighted by atomic mass is 127. The van der Waals surface area contributed by atoms with Gasteiger partial charge in [0.1, 0.15) is 11.6 Å². The van der Waals surface area contributed by atoms with Crippen molar-refractivity contribution in [3.8, 4) is 0 Å². The minimum Gasteiger partial charge on any atom is -0.467 e. The monoisotopic (exact) mass is 433 g/mol. The van der Waals surface area contributed by atoms with E-state index < -0.39 is 23.7 Å². The van der Waals surface area contributed by atoms with Crippen LogP contribution in [0, 0.1) is 17.4 Å². The number of ether oxygens (including phenoxy) is 2. The van der Waals surface area contributed by atoms with Gasteiger partial charge in [-0.25, -0.2) is 9.59 Å². The average molecular weight is 433 g/mol. The molecule has 0 heterocycles. The Balaban J connectivity index is 2.94. The molecular weight excluding hydrogens is 409 g/mol. The number of carbonyl (C=O) groups excluding carboxylic acids is 2. The number of hydrogen-bond donors (Lipinski definition) is 1. The Morgan fingerprint density at radius 2 is 1.78 bits per heavy atom. The summed E-state index contributed by atoms with van der Waals surface area (Å²) in [5.41, 5.74) is 2.69. The predicted molar refractivity (Wildman–Crippen MR) is 97.5 cm³/mol. The molecule has 0 aliphatic rings. The first-order valence-electron chi connectivity index (χ1n) is 7.36. The molecule has 128 valence electrons. The van der Waals surface area contributed by atoms with Gasteiger partial charge in [0.25, 0.3) is 0 Å². The van der Waals surface area contributed by atoms with Crippen LogP contribution in [-0.2, 0) is 20.7 Å². The highest BCUT2D eigenvalue weighted by Crippen LogP contribution is 2.20. The molecule has 5 nitrogen and oxygen atoms in total. The van der Waals surface area contributed by atoms with Gasteiger partial charge in [0, 0.05) is 9.99 Å². The van der Waals surface area contributed by atoms with E-state index in [-0.39, 0.29) is 0 Å². The van der Waals surface area contributed by atoms with Crippen LogP contribution in [0.1, 0.15) is 37.5 Å². The Hall–Kier alpha value is -1.31. The molecule has 0 saturated heterocycles. The van der Waals surface area contributed by atoms with Crippen molar-refractivity contribution >= 4 is 34.7 Å². The van der Waals surface area contributed by atoms with Crippen molar-refractivity contribution in [2.75, 3.05) is 7.11 Å². The largest absolute Gasteiger partial charge is 0.467 e. The molecule has 0 saturated carbocycles. The van der Waals surface area contributed by atoms with Crippen LogP contribution in [0.4, 0.5) is 4.79 Å². The van der Waals surface area contributed by atoms with Gasteiger partial charge in [-0.15, -0.1) is 0 Å². The minimum atomic E-state index is -0.787. The molecule has 0 fully saturated rings. The molecule has 0 spiro atoms. The lowest BCUT2D eigenvalue weighted by Gasteiger charge is -2.23. The zero-order valence-corrected chi connectivity index (χ0v) is 16.6. The van der Waals surface area contributed by atoms with Gasteiger partial charge in [0.05, 0.1) is 7.11 Å². The number of rotatable bonds is 4. The predicted octanol–water partition coefficient (Wildman–Crippen LogP) is 3.52. The van der Waals surface area contributed by atoms with Crippen LogP contribution >= 0.6 is 22.6 Å². The summed E-state index contributed by atoms with van der Waals surface area (Å²) in [7, 11) is 1.30. The van der Waals surface area contributed by atoms with Crippen LogP contribution in [0.15, 0.2) is 12.1 Å². The zero-order valence-electron chi connectivity index (χ0n) is 14.5. The quantitative estimate of drug-likeness (QED) is 0.583. The van der Waals surface area contributed by atoms with Gasteiger partial charge in [-0.05, 0) is 80.0 Å². The third-order valence-corrected chi connectivity index (χ3v) is 4.27. The van der Waals surface area contributed by atoms with Crippen molar-refractivity contribution in [2.24, 2.45) is 0 Å². The van der Waals surface area contributed by atoms with E-state index in [4.69, 9.17) is 9.47 Å². The second-order valence-corrected chi connectivity index (χ2v) is 7.62. The van der Waals surface area contributed by atoms with E-state index >= 15 is 0 Å². The molecule has 1 aromatic carbocycles. The van der Waals surface area contributed by atoms with Crippen molar-refractivity contribution in [2.45, 2.75) is 52.7 Å². The van der Waals surface area contributed by atoms with E-state index in [0.29, 0.717) is 6.42 Å². The maximum absolute atomic E-state index is 12.0.